The predicted octanol–water partition coefficient (Wildman–Crippen LogP) is 3.04. The Morgan fingerprint density at radius 1 is 1.00 bits per heavy atom. The number of benzene rings is 1. The average Bonchev–Trinajstić information content (AvgIpc) is 2.93. The average molecular weight is 287 g/mol. The van der Waals surface area contributed by atoms with Crippen molar-refractivity contribution in [3.8, 4) is 11.1 Å². The van der Waals surface area contributed by atoms with E-state index in [-0.39, 0.29) is 24.5 Å². The van der Waals surface area contributed by atoms with Gasteiger partial charge >= 0.3 is 11.9 Å². The lowest BCUT2D eigenvalue weighted by Crippen LogP contribution is -2.13. The van der Waals surface area contributed by atoms with Gasteiger partial charge in [0.15, 0.2) is 0 Å². The van der Waals surface area contributed by atoms with Gasteiger partial charge in [-0.25, -0.2) is 9.59 Å². The van der Waals surface area contributed by atoms with Crippen LogP contribution in [0.4, 0.5) is 0 Å². The van der Waals surface area contributed by atoms with Crippen LogP contribution in [0.25, 0.3) is 11.1 Å². The molecule has 0 amide bonds. The number of carbonyl (C=O) groups excluding carboxylic acids is 2. The number of nitrogens with one attached hydrogen (secondary N) is 1. The maximum absolute atomic E-state index is 12.2. The van der Waals surface area contributed by atoms with Crippen molar-refractivity contribution in [3.63, 3.8) is 0 Å². The maximum Gasteiger partial charge on any atom is 0.355 e. The summed E-state index contributed by atoms with van der Waals surface area (Å²) in [6.45, 7) is 3.90. The summed E-state index contributed by atoms with van der Waals surface area (Å²) in [5.74, 6) is -1.11. The second-order valence-electron chi connectivity index (χ2n) is 4.26. The zero-order chi connectivity index (χ0) is 15.2. The molecule has 21 heavy (non-hydrogen) atoms. The van der Waals surface area contributed by atoms with Crippen molar-refractivity contribution >= 4 is 11.9 Å². The molecule has 5 heteroatoms. The van der Waals surface area contributed by atoms with Gasteiger partial charge in [0, 0.05) is 11.8 Å². The quantitative estimate of drug-likeness (QED) is 0.858. The summed E-state index contributed by atoms with van der Waals surface area (Å²) in [6, 6.07) is 9.33. The SMILES string of the molecule is CCOC(=O)c1[nH]cc(-c2ccccc2)c1C(=O)OCC. The molecular weight excluding hydrogens is 270 g/mol. The van der Waals surface area contributed by atoms with Gasteiger partial charge < -0.3 is 14.5 Å². The van der Waals surface area contributed by atoms with Gasteiger partial charge in [-0.2, -0.15) is 0 Å². The van der Waals surface area contributed by atoms with Crippen LogP contribution in [0, 0.1) is 0 Å². The Bertz CT molecular complexity index is 631. The van der Waals surface area contributed by atoms with E-state index in [9.17, 15) is 9.59 Å². The van der Waals surface area contributed by atoms with Crippen molar-refractivity contribution in [1.82, 2.24) is 4.98 Å². The fourth-order valence-corrected chi connectivity index (χ4v) is 2.05. The van der Waals surface area contributed by atoms with Crippen LogP contribution in [0.5, 0.6) is 0 Å². The molecule has 0 atom stereocenters. The fraction of sp³-hybridized carbons (Fsp3) is 0.250. The molecule has 0 spiro atoms. The van der Waals surface area contributed by atoms with E-state index in [4.69, 9.17) is 9.47 Å². The molecule has 0 saturated heterocycles. The lowest BCUT2D eigenvalue weighted by atomic mass is 10.0. The minimum absolute atomic E-state index is 0.120. The van der Waals surface area contributed by atoms with Crippen molar-refractivity contribution in [2.75, 3.05) is 13.2 Å². The van der Waals surface area contributed by atoms with E-state index in [0.29, 0.717) is 5.56 Å². The Morgan fingerprint density at radius 2 is 1.62 bits per heavy atom. The van der Waals surface area contributed by atoms with Gasteiger partial charge in [-0.1, -0.05) is 30.3 Å². The lowest BCUT2D eigenvalue weighted by Gasteiger charge is -2.07. The van der Waals surface area contributed by atoms with E-state index in [2.05, 4.69) is 4.98 Å². The number of aromatic amines is 1. The van der Waals surface area contributed by atoms with Gasteiger partial charge in [0.2, 0.25) is 0 Å². The van der Waals surface area contributed by atoms with E-state index >= 15 is 0 Å². The number of carbonyl (C=O) groups is 2. The van der Waals surface area contributed by atoms with Crippen LogP contribution in [0.1, 0.15) is 34.7 Å². The van der Waals surface area contributed by atoms with Crippen molar-refractivity contribution in [2.45, 2.75) is 13.8 Å². The van der Waals surface area contributed by atoms with Crippen LogP contribution in [-0.2, 0) is 9.47 Å². The van der Waals surface area contributed by atoms with E-state index in [0.717, 1.165) is 5.56 Å². The van der Waals surface area contributed by atoms with Crippen LogP contribution in [0.3, 0.4) is 0 Å². The van der Waals surface area contributed by atoms with Crippen LogP contribution in [0.2, 0.25) is 0 Å². The van der Waals surface area contributed by atoms with Gasteiger partial charge in [0.25, 0.3) is 0 Å². The van der Waals surface area contributed by atoms with Crippen LogP contribution in [-0.4, -0.2) is 30.1 Å². The summed E-state index contributed by atoms with van der Waals surface area (Å²) in [7, 11) is 0. The minimum Gasteiger partial charge on any atom is -0.462 e. The number of H-pyrrole nitrogens is 1. The molecule has 1 N–H and O–H groups in total. The van der Waals surface area contributed by atoms with E-state index in [1.54, 1.807) is 20.0 Å². The van der Waals surface area contributed by atoms with E-state index < -0.39 is 11.9 Å². The first kappa shape index (κ1) is 14.8. The predicted molar refractivity (Wildman–Crippen MR) is 78.1 cm³/mol. The van der Waals surface area contributed by atoms with Crippen LogP contribution >= 0.6 is 0 Å². The van der Waals surface area contributed by atoms with Crippen molar-refractivity contribution in [1.29, 1.82) is 0 Å². The summed E-state index contributed by atoms with van der Waals surface area (Å²) in [6.07, 6.45) is 1.62. The largest absolute Gasteiger partial charge is 0.462 e. The number of hydrogen-bond donors (Lipinski definition) is 1. The summed E-state index contributed by atoms with van der Waals surface area (Å²) >= 11 is 0. The summed E-state index contributed by atoms with van der Waals surface area (Å²) in [4.78, 5) is 27.0. The summed E-state index contributed by atoms with van der Waals surface area (Å²) in [5.41, 5.74) is 1.78. The minimum atomic E-state index is -0.567. The molecule has 0 aliphatic carbocycles. The third kappa shape index (κ3) is 3.13. The Kier molecular flexibility index (Phi) is 4.77. The monoisotopic (exact) mass is 287 g/mol. The molecule has 0 bridgehead atoms. The molecule has 0 aliphatic rings. The molecule has 0 aliphatic heterocycles. The highest BCUT2D eigenvalue weighted by Gasteiger charge is 2.25. The lowest BCUT2D eigenvalue weighted by molar-refractivity contribution is 0.0476. The molecule has 2 rings (SSSR count). The molecule has 1 aromatic carbocycles. The summed E-state index contributed by atoms with van der Waals surface area (Å²) in [5, 5.41) is 0. The van der Waals surface area contributed by atoms with E-state index in [1.165, 1.54) is 0 Å². The molecule has 0 saturated carbocycles. The van der Waals surface area contributed by atoms with Gasteiger partial charge in [-0.05, 0) is 19.4 Å². The highest BCUT2D eigenvalue weighted by Crippen LogP contribution is 2.27. The molecule has 1 aromatic heterocycles. The fourth-order valence-electron chi connectivity index (χ4n) is 2.05. The number of aromatic nitrogens is 1. The molecule has 2 aromatic rings. The highest BCUT2D eigenvalue weighted by molar-refractivity contribution is 6.07. The first-order valence-electron chi connectivity index (χ1n) is 6.80. The first-order valence-corrected chi connectivity index (χ1v) is 6.80. The highest BCUT2D eigenvalue weighted by atomic mass is 16.5. The van der Waals surface area contributed by atoms with Crippen LogP contribution in [0.15, 0.2) is 36.5 Å². The number of hydrogen-bond acceptors (Lipinski definition) is 4. The standard InChI is InChI=1S/C16H17NO4/c1-3-20-15(18)13-12(11-8-6-5-7-9-11)10-17-14(13)16(19)21-4-2/h5-10,17H,3-4H2,1-2H3. The Morgan fingerprint density at radius 3 is 2.24 bits per heavy atom. The van der Waals surface area contributed by atoms with Gasteiger partial charge in [0.1, 0.15) is 5.69 Å². The van der Waals surface area contributed by atoms with Crippen molar-refractivity contribution in [2.24, 2.45) is 0 Å². The molecule has 5 nitrogen and oxygen atoms in total. The third-order valence-electron chi connectivity index (χ3n) is 2.92. The summed E-state index contributed by atoms with van der Waals surface area (Å²) < 4.78 is 10.0. The molecule has 0 fully saturated rings. The molecule has 1 heterocycles. The van der Waals surface area contributed by atoms with Crippen LogP contribution < -0.4 is 0 Å². The van der Waals surface area contributed by atoms with Gasteiger partial charge in [-0.15, -0.1) is 0 Å². The molecule has 110 valence electrons. The molecular formula is C16H17NO4. The number of rotatable bonds is 5. The number of ether oxygens (including phenoxy) is 2. The molecule has 0 radical (unpaired) electrons. The molecule has 0 unspecified atom stereocenters. The normalized spacial score (nSPS) is 10.2. The zero-order valence-corrected chi connectivity index (χ0v) is 12.0. The van der Waals surface area contributed by atoms with E-state index in [1.807, 2.05) is 30.3 Å². The zero-order valence-electron chi connectivity index (χ0n) is 12.0. The second kappa shape index (κ2) is 6.74. The first-order chi connectivity index (χ1) is 10.2. The number of esters is 2. The smallest absolute Gasteiger partial charge is 0.355 e. The van der Waals surface area contributed by atoms with Crippen molar-refractivity contribution < 1.29 is 19.1 Å². The topological polar surface area (TPSA) is 68.4 Å². The third-order valence-corrected chi connectivity index (χ3v) is 2.92. The Labute approximate surface area is 122 Å². The Hall–Kier alpha value is -2.56. The van der Waals surface area contributed by atoms with Crippen molar-refractivity contribution in [3.05, 3.63) is 47.8 Å². The maximum atomic E-state index is 12.2. The van der Waals surface area contributed by atoms with Gasteiger partial charge in [-0.3, -0.25) is 0 Å². The Balaban J connectivity index is 2.51. The van der Waals surface area contributed by atoms with Gasteiger partial charge in [0.05, 0.1) is 18.8 Å². The second-order valence-corrected chi connectivity index (χ2v) is 4.26.